The Labute approximate surface area is 163 Å². The smallest absolute Gasteiger partial charge is 0.238 e. The third kappa shape index (κ3) is 6.17. The van der Waals surface area contributed by atoms with Crippen LogP contribution in [0.5, 0.6) is 0 Å². The zero-order valence-corrected chi connectivity index (χ0v) is 16.5. The SMILES string of the molecule is CCNC(=NCc1cccc(S(N)(=O)=O)c1)NCc1ccc(Cl)cc1Cl. The van der Waals surface area contributed by atoms with Crippen LogP contribution >= 0.6 is 23.2 Å². The number of guanidine groups is 1. The van der Waals surface area contributed by atoms with E-state index in [9.17, 15) is 8.42 Å². The molecule has 0 aliphatic carbocycles. The average Bonchev–Trinajstić information content (AvgIpc) is 2.58. The van der Waals surface area contributed by atoms with E-state index in [0.717, 1.165) is 11.1 Å². The van der Waals surface area contributed by atoms with Crippen LogP contribution in [-0.4, -0.2) is 20.9 Å². The summed E-state index contributed by atoms with van der Waals surface area (Å²) in [5.41, 5.74) is 1.62. The van der Waals surface area contributed by atoms with E-state index < -0.39 is 10.0 Å². The molecule has 9 heteroatoms. The van der Waals surface area contributed by atoms with E-state index in [1.807, 2.05) is 13.0 Å². The van der Waals surface area contributed by atoms with Crippen LogP contribution < -0.4 is 15.8 Å². The predicted octanol–water partition coefficient (Wildman–Crippen LogP) is 2.90. The van der Waals surface area contributed by atoms with E-state index in [1.54, 1.807) is 24.3 Å². The molecule has 140 valence electrons. The van der Waals surface area contributed by atoms with Crippen LogP contribution in [0.4, 0.5) is 0 Å². The van der Waals surface area contributed by atoms with Crippen molar-refractivity contribution in [3.8, 4) is 0 Å². The molecule has 0 aliphatic rings. The zero-order valence-electron chi connectivity index (χ0n) is 14.2. The van der Waals surface area contributed by atoms with E-state index in [4.69, 9.17) is 28.3 Å². The van der Waals surface area contributed by atoms with Gasteiger partial charge in [0.05, 0.1) is 11.4 Å². The number of sulfonamides is 1. The van der Waals surface area contributed by atoms with Crippen LogP contribution in [0, 0.1) is 0 Å². The number of halogens is 2. The molecule has 0 saturated heterocycles. The number of nitrogens with one attached hydrogen (secondary N) is 2. The van der Waals surface area contributed by atoms with Gasteiger partial charge in [-0.25, -0.2) is 18.5 Å². The normalized spacial score (nSPS) is 12.1. The molecule has 0 heterocycles. The molecule has 0 radical (unpaired) electrons. The van der Waals surface area contributed by atoms with E-state index in [-0.39, 0.29) is 4.90 Å². The Bertz CT molecular complexity index is 901. The van der Waals surface area contributed by atoms with Gasteiger partial charge in [-0.1, -0.05) is 41.4 Å². The summed E-state index contributed by atoms with van der Waals surface area (Å²) in [6.07, 6.45) is 0. The fourth-order valence-electron chi connectivity index (χ4n) is 2.18. The number of aliphatic imine (C=N–C) groups is 1. The first-order valence-corrected chi connectivity index (χ1v) is 10.2. The van der Waals surface area contributed by atoms with E-state index in [0.29, 0.717) is 35.6 Å². The second-order valence-electron chi connectivity index (χ2n) is 5.48. The lowest BCUT2D eigenvalue weighted by atomic mass is 10.2. The van der Waals surface area contributed by atoms with Crippen LogP contribution in [0.15, 0.2) is 52.4 Å². The van der Waals surface area contributed by atoms with Gasteiger partial charge < -0.3 is 10.6 Å². The molecule has 0 atom stereocenters. The topological polar surface area (TPSA) is 96.6 Å². The summed E-state index contributed by atoms with van der Waals surface area (Å²) >= 11 is 12.1. The van der Waals surface area contributed by atoms with Gasteiger partial charge in [-0.15, -0.1) is 0 Å². The quantitative estimate of drug-likeness (QED) is 0.499. The maximum absolute atomic E-state index is 11.4. The minimum atomic E-state index is -3.73. The first kappa shape index (κ1) is 20.5. The minimum Gasteiger partial charge on any atom is -0.357 e. The van der Waals surface area contributed by atoms with Crippen molar-refractivity contribution in [3.05, 3.63) is 63.6 Å². The molecule has 26 heavy (non-hydrogen) atoms. The van der Waals surface area contributed by atoms with Crippen molar-refractivity contribution in [1.29, 1.82) is 0 Å². The Morgan fingerprint density at radius 3 is 2.58 bits per heavy atom. The summed E-state index contributed by atoms with van der Waals surface area (Å²) in [4.78, 5) is 4.52. The van der Waals surface area contributed by atoms with Gasteiger partial charge in [0.2, 0.25) is 10.0 Å². The van der Waals surface area contributed by atoms with Crippen molar-refractivity contribution in [3.63, 3.8) is 0 Å². The maximum Gasteiger partial charge on any atom is 0.238 e. The zero-order chi connectivity index (χ0) is 19.2. The molecule has 2 aromatic carbocycles. The Balaban J connectivity index is 2.09. The van der Waals surface area contributed by atoms with Crippen LogP contribution in [0.3, 0.4) is 0 Å². The molecule has 0 fully saturated rings. The van der Waals surface area contributed by atoms with E-state index in [1.165, 1.54) is 12.1 Å². The lowest BCUT2D eigenvalue weighted by molar-refractivity contribution is 0.597. The van der Waals surface area contributed by atoms with Gasteiger partial charge >= 0.3 is 0 Å². The van der Waals surface area contributed by atoms with Crippen LogP contribution in [-0.2, 0) is 23.1 Å². The summed E-state index contributed by atoms with van der Waals surface area (Å²) in [6.45, 7) is 3.40. The van der Waals surface area contributed by atoms with Gasteiger partial charge in [-0.2, -0.15) is 0 Å². The molecule has 0 amide bonds. The molecule has 0 aliphatic heterocycles. The number of hydrogen-bond donors (Lipinski definition) is 3. The van der Waals surface area contributed by atoms with Gasteiger partial charge in [0.25, 0.3) is 0 Å². The van der Waals surface area contributed by atoms with Crippen LogP contribution in [0.2, 0.25) is 10.0 Å². The van der Waals surface area contributed by atoms with Gasteiger partial charge in [0.15, 0.2) is 5.96 Å². The number of nitrogens with zero attached hydrogens (tertiary/aromatic N) is 1. The molecule has 2 aromatic rings. The summed E-state index contributed by atoms with van der Waals surface area (Å²) in [6, 6.07) is 11.7. The minimum absolute atomic E-state index is 0.0658. The molecule has 2 rings (SSSR count). The highest BCUT2D eigenvalue weighted by molar-refractivity contribution is 7.89. The third-order valence-corrected chi connectivity index (χ3v) is 4.95. The molecular formula is C17H20Cl2N4O2S. The van der Waals surface area contributed by atoms with Gasteiger partial charge in [0, 0.05) is 23.1 Å². The monoisotopic (exact) mass is 414 g/mol. The molecular weight excluding hydrogens is 395 g/mol. The number of hydrogen-bond acceptors (Lipinski definition) is 3. The molecule has 6 nitrogen and oxygen atoms in total. The molecule has 0 spiro atoms. The van der Waals surface area contributed by atoms with Crippen molar-refractivity contribution >= 4 is 39.2 Å². The number of primary sulfonamides is 1. The molecule has 4 N–H and O–H groups in total. The number of rotatable bonds is 6. The summed E-state index contributed by atoms with van der Waals surface area (Å²) in [5, 5.41) is 12.6. The summed E-state index contributed by atoms with van der Waals surface area (Å²) in [5.74, 6) is 0.583. The summed E-state index contributed by atoms with van der Waals surface area (Å²) in [7, 11) is -3.73. The molecule has 0 bridgehead atoms. The van der Waals surface area contributed by atoms with Gasteiger partial charge in [0.1, 0.15) is 0 Å². The van der Waals surface area contributed by atoms with Crippen LogP contribution in [0.1, 0.15) is 18.1 Å². The van der Waals surface area contributed by atoms with Crippen molar-refractivity contribution in [2.24, 2.45) is 10.1 Å². The van der Waals surface area contributed by atoms with Crippen molar-refractivity contribution in [1.82, 2.24) is 10.6 Å². The van der Waals surface area contributed by atoms with Crippen molar-refractivity contribution in [2.45, 2.75) is 24.9 Å². The first-order valence-electron chi connectivity index (χ1n) is 7.87. The molecule has 0 saturated carbocycles. The van der Waals surface area contributed by atoms with E-state index in [2.05, 4.69) is 15.6 Å². The van der Waals surface area contributed by atoms with Crippen molar-refractivity contribution in [2.75, 3.05) is 6.54 Å². The van der Waals surface area contributed by atoms with Gasteiger partial charge in [-0.3, -0.25) is 0 Å². The molecule has 0 unspecified atom stereocenters. The first-order chi connectivity index (χ1) is 12.3. The highest BCUT2D eigenvalue weighted by atomic mass is 35.5. The lowest BCUT2D eigenvalue weighted by Gasteiger charge is -2.12. The highest BCUT2D eigenvalue weighted by Gasteiger charge is 2.08. The number of benzene rings is 2. The standard InChI is InChI=1S/C17H20Cl2N4O2S/c1-2-21-17(23-11-13-6-7-14(18)9-16(13)19)22-10-12-4-3-5-15(8-12)26(20,24)25/h3-9H,2,10-11H2,1H3,(H2,20,24,25)(H2,21,22,23). The highest BCUT2D eigenvalue weighted by Crippen LogP contribution is 2.20. The largest absolute Gasteiger partial charge is 0.357 e. The predicted molar refractivity (Wildman–Crippen MR) is 106 cm³/mol. The average molecular weight is 415 g/mol. The lowest BCUT2D eigenvalue weighted by Crippen LogP contribution is -2.36. The van der Waals surface area contributed by atoms with Crippen molar-refractivity contribution < 1.29 is 8.42 Å². The van der Waals surface area contributed by atoms with Gasteiger partial charge in [-0.05, 0) is 42.3 Å². The second-order valence-corrected chi connectivity index (χ2v) is 7.88. The molecule has 0 aromatic heterocycles. The fourth-order valence-corrected chi connectivity index (χ4v) is 3.24. The number of nitrogens with two attached hydrogens (primary N) is 1. The Morgan fingerprint density at radius 1 is 1.15 bits per heavy atom. The Kier molecular flexibility index (Phi) is 7.28. The second kappa shape index (κ2) is 9.23. The fraction of sp³-hybridized carbons (Fsp3) is 0.235. The maximum atomic E-state index is 11.4. The Morgan fingerprint density at radius 2 is 1.92 bits per heavy atom. The third-order valence-electron chi connectivity index (χ3n) is 3.45. The summed E-state index contributed by atoms with van der Waals surface area (Å²) < 4.78 is 22.9. The van der Waals surface area contributed by atoms with Crippen LogP contribution in [0.25, 0.3) is 0 Å². The Hall–Kier alpha value is -1.80. The van der Waals surface area contributed by atoms with E-state index >= 15 is 0 Å².